The van der Waals surface area contributed by atoms with E-state index in [4.69, 9.17) is 0 Å². The molecule has 0 radical (unpaired) electrons. The summed E-state index contributed by atoms with van der Waals surface area (Å²) in [6.45, 7) is 5.64. The van der Waals surface area contributed by atoms with Crippen LogP contribution in [0.25, 0.3) is 0 Å². The minimum absolute atomic E-state index is 0.115. The van der Waals surface area contributed by atoms with Crippen molar-refractivity contribution in [1.82, 2.24) is 9.73 Å². The smallest absolute Gasteiger partial charge is 0.295 e. The fourth-order valence-corrected chi connectivity index (χ4v) is 4.72. The van der Waals surface area contributed by atoms with Gasteiger partial charge in [-0.2, -0.15) is 9.41 Å². The molecule has 1 heterocycles. The van der Waals surface area contributed by atoms with Gasteiger partial charge >= 0.3 is 0 Å². The fourth-order valence-electron chi connectivity index (χ4n) is 3.28. The molecule has 0 bridgehead atoms. The average molecular weight is 431 g/mol. The SMILES string of the molecule is CC(=NNC(=O)C[NH+]1CCN(S(=O)(=O)c2ccc(C)cc2)CC1)c1cccc([O-])c1. The Morgan fingerprint density at radius 1 is 1.17 bits per heavy atom. The van der Waals surface area contributed by atoms with Gasteiger partial charge in [-0.15, -0.1) is 5.75 Å². The average Bonchev–Trinajstić information content (AvgIpc) is 2.73. The Hall–Kier alpha value is -2.75. The zero-order valence-electron chi connectivity index (χ0n) is 17.1. The minimum atomic E-state index is -3.51. The van der Waals surface area contributed by atoms with Crippen LogP contribution in [0.4, 0.5) is 0 Å². The number of nitrogens with zero attached hydrogens (tertiary/aromatic N) is 2. The molecule has 3 rings (SSSR count). The highest BCUT2D eigenvalue weighted by molar-refractivity contribution is 7.89. The lowest BCUT2D eigenvalue weighted by Crippen LogP contribution is -3.15. The zero-order valence-corrected chi connectivity index (χ0v) is 17.9. The van der Waals surface area contributed by atoms with Gasteiger partial charge in [0.2, 0.25) is 10.0 Å². The lowest BCUT2D eigenvalue weighted by molar-refractivity contribution is -0.895. The Morgan fingerprint density at radius 2 is 1.83 bits per heavy atom. The molecular formula is C21H26N4O4S. The van der Waals surface area contributed by atoms with Crippen LogP contribution in [0, 0.1) is 6.92 Å². The first kappa shape index (κ1) is 21.9. The number of hydrogen-bond donors (Lipinski definition) is 2. The molecular weight excluding hydrogens is 404 g/mol. The third kappa shape index (κ3) is 5.44. The highest BCUT2D eigenvalue weighted by atomic mass is 32.2. The number of quaternary nitrogens is 1. The third-order valence-electron chi connectivity index (χ3n) is 5.10. The van der Waals surface area contributed by atoms with Crippen LogP contribution in [0.15, 0.2) is 58.5 Å². The number of carbonyl (C=O) groups excluding carboxylic acids is 1. The number of benzene rings is 2. The molecule has 2 aromatic rings. The van der Waals surface area contributed by atoms with Crippen LogP contribution in [-0.4, -0.2) is 57.1 Å². The third-order valence-corrected chi connectivity index (χ3v) is 7.01. The quantitative estimate of drug-likeness (QED) is 0.476. The van der Waals surface area contributed by atoms with E-state index >= 15 is 0 Å². The largest absolute Gasteiger partial charge is 0.872 e. The first-order valence-electron chi connectivity index (χ1n) is 9.76. The Balaban J connectivity index is 1.51. The van der Waals surface area contributed by atoms with E-state index in [-0.39, 0.29) is 18.2 Å². The summed E-state index contributed by atoms with van der Waals surface area (Å²) in [6.07, 6.45) is 0. The molecule has 8 nitrogen and oxygen atoms in total. The molecule has 2 N–H and O–H groups in total. The van der Waals surface area contributed by atoms with Gasteiger partial charge in [0.05, 0.1) is 36.8 Å². The van der Waals surface area contributed by atoms with Crippen LogP contribution in [0.2, 0.25) is 0 Å². The lowest BCUT2D eigenvalue weighted by atomic mass is 10.1. The summed E-state index contributed by atoms with van der Waals surface area (Å²) in [5.74, 6) is -0.367. The molecule has 0 unspecified atom stereocenters. The molecule has 2 aromatic carbocycles. The highest BCUT2D eigenvalue weighted by Gasteiger charge is 2.31. The van der Waals surface area contributed by atoms with Crippen LogP contribution >= 0.6 is 0 Å². The maximum atomic E-state index is 12.8. The summed E-state index contributed by atoms with van der Waals surface area (Å²) in [6, 6.07) is 13.1. The Kier molecular flexibility index (Phi) is 6.86. The molecule has 0 spiro atoms. The number of carbonyl (C=O) groups is 1. The molecule has 1 aliphatic heterocycles. The van der Waals surface area contributed by atoms with Gasteiger partial charge in [0, 0.05) is 0 Å². The van der Waals surface area contributed by atoms with Crippen LogP contribution in [0.1, 0.15) is 18.1 Å². The normalized spacial score (nSPS) is 16.4. The van der Waals surface area contributed by atoms with Crippen LogP contribution in [0.5, 0.6) is 5.75 Å². The van der Waals surface area contributed by atoms with Gasteiger partial charge in [0.1, 0.15) is 0 Å². The number of sulfonamides is 1. The molecule has 0 atom stereocenters. The van der Waals surface area contributed by atoms with Gasteiger partial charge in [0.25, 0.3) is 5.91 Å². The maximum Gasteiger partial charge on any atom is 0.295 e. The summed E-state index contributed by atoms with van der Waals surface area (Å²) in [5, 5.41) is 15.5. The number of amides is 1. The Labute approximate surface area is 176 Å². The van der Waals surface area contributed by atoms with E-state index in [0.29, 0.717) is 42.3 Å². The predicted octanol–water partition coefficient (Wildman–Crippen LogP) is -0.502. The van der Waals surface area contributed by atoms with Gasteiger partial charge in [-0.1, -0.05) is 42.0 Å². The molecule has 30 heavy (non-hydrogen) atoms. The second kappa shape index (κ2) is 9.38. The molecule has 9 heteroatoms. The topological polar surface area (TPSA) is 106 Å². The Morgan fingerprint density at radius 3 is 2.47 bits per heavy atom. The van der Waals surface area contributed by atoms with E-state index in [9.17, 15) is 18.3 Å². The van der Waals surface area contributed by atoms with Crippen molar-refractivity contribution in [1.29, 1.82) is 0 Å². The van der Waals surface area contributed by atoms with E-state index < -0.39 is 10.0 Å². The van der Waals surface area contributed by atoms with Crippen LogP contribution in [0.3, 0.4) is 0 Å². The second-order valence-corrected chi connectivity index (χ2v) is 9.34. The number of rotatable bonds is 6. The lowest BCUT2D eigenvalue weighted by Gasteiger charge is -2.31. The van der Waals surface area contributed by atoms with Crippen molar-refractivity contribution in [2.24, 2.45) is 5.10 Å². The number of hydrogen-bond acceptors (Lipinski definition) is 5. The Bertz CT molecular complexity index is 1030. The molecule has 1 amide bonds. The summed E-state index contributed by atoms with van der Waals surface area (Å²) < 4.78 is 27.0. The van der Waals surface area contributed by atoms with E-state index in [2.05, 4.69) is 10.5 Å². The summed E-state index contributed by atoms with van der Waals surface area (Å²) in [7, 11) is -3.51. The monoisotopic (exact) mass is 430 g/mol. The standard InChI is InChI=1S/C21H26N4O4S/c1-16-6-8-20(9-7-16)30(28,29)25-12-10-24(11-13-25)15-21(27)23-22-17(2)18-4-3-5-19(26)14-18/h3-9,14,26H,10-13,15H2,1-2H3,(H,23,27). The molecule has 0 saturated carbocycles. The molecule has 1 fully saturated rings. The van der Waals surface area contributed by atoms with Crippen molar-refractivity contribution in [3.8, 4) is 5.75 Å². The minimum Gasteiger partial charge on any atom is -0.872 e. The highest BCUT2D eigenvalue weighted by Crippen LogP contribution is 2.16. The van der Waals surface area contributed by atoms with Crippen molar-refractivity contribution in [3.63, 3.8) is 0 Å². The van der Waals surface area contributed by atoms with Crippen molar-refractivity contribution in [2.45, 2.75) is 18.7 Å². The van der Waals surface area contributed by atoms with Crippen molar-refractivity contribution >= 4 is 21.6 Å². The van der Waals surface area contributed by atoms with E-state index in [0.717, 1.165) is 10.5 Å². The van der Waals surface area contributed by atoms with Gasteiger partial charge in [-0.25, -0.2) is 13.8 Å². The van der Waals surface area contributed by atoms with E-state index in [1.165, 1.54) is 16.4 Å². The zero-order chi connectivity index (χ0) is 21.7. The van der Waals surface area contributed by atoms with Crippen molar-refractivity contribution in [3.05, 3.63) is 59.7 Å². The predicted molar refractivity (Wildman–Crippen MR) is 112 cm³/mol. The van der Waals surface area contributed by atoms with Crippen molar-refractivity contribution in [2.75, 3.05) is 32.7 Å². The summed E-state index contributed by atoms with van der Waals surface area (Å²) >= 11 is 0. The fraction of sp³-hybridized carbons (Fsp3) is 0.333. The molecule has 1 saturated heterocycles. The molecule has 0 aromatic heterocycles. The second-order valence-electron chi connectivity index (χ2n) is 7.40. The maximum absolute atomic E-state index is 12.8. The number of hydrazone groups is 1. The number of nitrogens with one attached hydrogen (secondary N) is 2. The number of aryl methyl sites for hydroxylation is 1. The first-order chi connectivity index (χ1) is 14.3. The van der Waals surface area contributed by atoms with Gasteiger partial charge in [0.15, 0.2) is 6.54 Å². The number of piperazine rings is 1. The first-order valence-corrected chi connectivity index (χ1v) is 11.2. The van der Waals surface area contributed by atoms with Crippen LogP contribution < -0.4 is 15.4 Å². The molecule has 0 aliphatic carbocycles. The molecule has 1 aliphatic rings. The van der Waals surface area contributed by atoms with Crippen molar-refractivity contribution < 1.29 is 23.2 Å². The van der Waals surface area contributed by atoms with Gasteiger partial charge in [-0.3, -0.25) is 4.79 Å². The van der Waals surface area contributed by atoms with E-state index in [1.807, 2.05) is 6.92 Å². The summed E-state index contributed by atoms with van der Waals surface area (Å²) in [5.41, 5.74) is 4.73. The van der Waals surface area contributed by atoms with Gasteiger partial charge in [-0.05, 0) is 31.5 Å². The van der Waals surface area contributed by atoms with Gasteiger partial charge < -0.3 is 10.0 Å². The van der Waals surface area contributed by atoms with E-state index in [1.54, 1.807) is 43.3 Å². The molecule has 160 valence electrons. The van der Waals surface area contributed by atoms with Crippen LogP contribution in [-0.2, 0) is 14.8 Å². The summed E-state index contributed by atoms with van der Waals surface area (Å²) in [4.78, 5) is 13.5.